The fraction of sp³-hybridized carbons (Fsp3) is 0. The molecule has 0 spiro atoms. The maximum atomic E-state index is 6.25. The first-order chi connectivity index (χ1) is 3.00. The van der Waals surface area contributed by atoms with E-state index in [1.807, 2.05) is 0 Å². The summed E-state index contributed by atoms with van der Waals surface area (Å²) < 4.78 is 0. The molecular weight excluding hydrogens is 312 g/mol. The van der Waals surface area contributed by atoms with E-state index in [9.17, 15) is 0 Å². The van der Waals surface area contributed by atoms with E-state index in [-0.39, 0.29) is 72.4 Å². The van der Waals surface area contributed by atoms with Gasteiger partial charge in [0, 0.05) is 0 Å². The van der Waals surface area contributed by atoms with Crippen LogP contribution in [0, 0.1) is 35.5 Å². The standard InChI is InChI=1S/3CN.K.Pt/c3*1-2;;/q3*-1;+1;+2. The third-order valence-electron chi connectivity index (χ3n) is 0. The molecular formula is C3KN3Pt. The van der Waals surface area contributed by atoms with Crippen LogP contribution in [-0.2, 0) is 21.1 Å². The van der Waals surface area contributed by atoms with Gasteiger partial charge < -0.3 is 35.5 Å². The van der Waals surface area contributed by atoms with Crippen molar-refractivity contribution >= 4 is 0 Å². The smallest absolute Gasteiger partial charge is 0.512 e. The van der Waals surface area contributed by atoms with Gasteiger partial charge in [-0.05, 0) is 0 Å². The Balaban J connectivity index is -0.00000000500. The van der Waals surface area contributed by atoms with E-state index in [4.69, 9.17) is 35.5 Å². The van der Waals surface area contributed by atoms with Crippen LogP contribution < -0.4 is 51.4 Å². The SMILES string of the molecule is [C-]#N.[C-]#N.[C-]#N.[K+].[Pt+2]. The molecule has 0 bridgehead atoms. The molecule has 0 unspecified atom stereocenters. The predicted octanol–water partition coefficient (Wildman–Crippen LogP) is -2.71. The van der Waals surface area contributed by atoms with Crippen molar-refractivity contribution in [2.24, 2.45) is 0 Å². The van der Waals surface area contributed by atoms with E-state index in [1.165, 1.54) is 0 Å². The van der Waals surface area contributed by atoms with Crippen LogP contribution in [-0.4, -0.2) is 0 Å². The Labute approximate surface area is 106 Å². The van der Waals surface area contributed by atoms with Gasteiger partial charge in [-0.3, -0.25) is 0 Å². The summed E-state index contributed by atoms with van der Waals surface area (Å²) in [6, 6.07) is 0. The van der Waals surface area contributed by atoms with Crippen molar-refractivity contribution < 1.29 is 72.4 Å². The van der Waals surface area contributed by atoms with Crippen molar-refractivity contribution in [1.29, 1.82) is 15.8 Å². The summed E-state index contributed by atoms with van der Waals surface area (Å²) in [5, 5.41) is 18.8. The van der Waals surface area contributed by atoms with Gasteiger partial charge >= 0.3 is 72.4 Å². The molecule has 0 atom stereocenters. The second kappa shape index (κ2) is 570. The summed E-state index contributed by atoms with van der Waals surface area (Å²) in [4.78, 5) is 0. The van der Waals surface area contributed by atoms with Crippen LogP contribution in [0.15, 0.2) is 0 Å². The first-order valence-electron chi connectivity index (χ1n) is 0.671. The molecule has 0 radical (unpaired) electrons. The molecule has 0 saturated carbocycles. The summed E-state index contributed by atoms with van der Waals surface area (Å²) in [5.74, 6) is 0. The van der Waals surface area contributed by atoms with Crippen LogP contribution in [0.5, 0.6) is 0 Å². The third kappa shape index (κ3) is 361. The number of nitrogens with zero attached hydrogens (tertiary/aromatic N) is 3. The molecule has 0 saturated heterocycles. The van der Waals surface area contributed by atoms with E-state index in [0.717, 1.165) is 0 Å². The zero-order valence-electron chi connectivity index (χ0n) is 4.16. The predicted molar refractivity (Wildman–Crippen MR) is 14.9 cm³/mol. The first kappa shape index (κ1) is 37.1. The van der Waals surface area contributed by atoms with Gasteiger partial charge in [-0.25, -0.2) is 0 Å². The van der Waals surface area contributed by atoms with Crippen LogP contribution in [0.1, 0.15) is 0 Å². The molecule has 0 aromatic carbocycles. The second-order valence-corrected chi connectivity index (χ2v) is 0. The van der Waals surface area contributed by atoms with Crippen molar-refractivity contribution in [3.05, 3.63) is 19.7 Å². The van der Waals surface area contributed by atoms with E-state index < -0.39 is 0 Å². The maximum absolute atomic E-state index is 6.25. The summed E-state index contributed by atoms with van der Waals surface area (Å²) in [6.07, 6.45) is 0. The van der Waals surface area contributed by atoms with Gasteiger partial charge in [0.1, 0.15) is 0 Å². The topological polar surface area (TPSA) is 71.4 Å². The van der Waals surface area contributed by atoms with Gasteiger partial charge in [-0.2, -0.15) is 0 Å². The van der Waals surface area contributed by atoms with Gasteiger partial charge in [0.15, 0.2) is 0 Å². The maximum Gasteiger partial charge on any atom is 2.00 e. The molecule has 0 aliphatic rings. The first-order valence-corrected chi connectivity index (χ1v) is 0.671. The average molecular weight is 312 g/mol. The van der Waals surface area contributed by atoms with Crippen molar-refractivity contribution in [1.82, 2.24) is 0 Å². The van der Waals surface area contributed by atoms with Gasteiger partial charge in [-0.15, -0.1) is 0 Å². The van der Waals surface area contributed by atoms with Crippen molar-refractivity contribution in [2.75, 3.05) is 0 Å². The molecule has 8 heavy (non-hydrogen) atoms. The summed E-state index contributed by atoms with van der Waals surface area (Å²) in [5.41, 5.74) is 0. The van der Waals surface area contributed by atoms with E-state index in [0.29, 0.717) is 0 Å². The quantitative estimate of drug-likeness (QED) is 0.361. The Hall–Kier alpha value is 0.795. The van der Waals surface area contributed by atoms with Gasteiger partial charge in [-0.1, -0.05) is 0 Å². The summed E-state index contributed by atoms with van der Waals surface area (Å²) in [7, 11) is 0. The van der Waals surface area contributed by atoms with Crippen molar-refractivity contribution in [3.63, 3.8) is 0 Å². The van der Waals surface area contributed by atoms with Crippen molar-refractivity contribution in [3.8, 4) is 0 Å². The molecule has 38 valence electrons. The largest absolute Gasteiger partial charge is 2.00 e. The number of rotatable bonds is 0. The fourth-order valence-corrected chi connectivity index (χ4v) is 0. The molecule has 0 aliphatic heterocycles. The molecule has 0 fully saturated rings. The summed E-state index contributed by atoms with van der Waals surface area (Å²) >= 11 is 0. The molecule has 0 aromatic rings. The summed E-state index contributed by atoms with van der Waals surface area (Å²) in [6.45, 7) is 14.2. The Kier molecular flexibility index (Phi) is 2640. The Morgan fingerprint density at radius 2 is 0.625 bits per heavy atom. The fourth-order valence-electron chi connectivity index (χ4n) is 0. The molecule has 0 heterocycles. The van der Waals surface area contributed by atoms with Crippen LogP contribution >= 0.6 is 0 Å². The number of hydrogen-bond acceptors (Lipinski definition) is 3. The Morgan fingerprint density at radius 3 is 0.625 bits per heavy atom. The van der Waals surface area contributed by atoms with Crippen LogP contribution in [0.3, 0.4) is 0 Å². The molecule has 0 N–H and O–H groups in total. The van der Waals surface area contributed by atoms with Crippen LogP contribution in [0.4, 0.5) is 0 Å². The minimum Gasteiger partial charge on any atom is -0.512 e. The monoisotopic (exact) mass is 312 g/mol. The minimum absolute atomic E-state index is 0. The van der Waals surface area contributed by atoms with E-state index in [1.54, 1.807) is 0 Å². The average Bonchev–Trinajstić information content (AvgIpc) is 1.81. The number of hydrogen-bond donors (Lipinski definition) is 0. The molecule has 3 nitrogen and oxygen atoms in total. The van der Waals surface area contributed by atoms with E-state index >= 15 is 0 Å². The van der Waals surface area contributed by atoms with E-state index in [2.05, 4.69) is 0 Å². The molecule has 0 amide bonds. The zero-order valence-corrected chi connectivity index (χ0v) is 9.55. The third-order valence-corrected chi connectivity index (χ3v) is 0. The van der Waals surface area contributed by atoms with Crippen molar-refractivity contribution in [2.45, 2.75) is 0 Å². The molecule has 0 aliphatic carbocycles. The van der Waals surface area contributed by atoms with Gasteiger partial charge in [0.25, 0.3) is 0 Å². The zero-order chi connectivity index (χ0) is 6.00. The molecule has 0 rings (SSSR count). The van der Waals surface area contributed by atoms with Gasteiger partial charge in [0.2, 0.25) is 0 Å². The Bertz CT molecular complexity index is 43.0. The van der Waals surface area contributed by atoms with Gasteiger partial charge in [0.05, 0.1) is 0 Å². The van der Waals surface area contributed by atoms with Crippen LogP contribution in [0.2, 0.25) is 0 Å². The Morgan fingerprint density at radius 1 is 0.625 bits per heavy atom. The van der Waals surface area contributed by atoms with Crippen LogP contribution in [0.25, 0.3) is 0 Å². The second-order valence-electron chi connectivity index (χ2n) is 0. The normalized spacial score (nSPS) is 0.750. The minimum atomic E-state index is 0. The molecule has 5 heteroatoms. The molecule has 0 aromatic heterocycles.